The Morgan fingerprint density at radius 1 is 0.327 bits per heavy atom. The van der Waals surface area contributed by atoms with Crippen molar-refractivity contribution in [3.63, 3.8) is 0 Å². The third-order valence-corrected chi connectivity index (χ3v) is 8.44. The maximum absolute atomic E-state index is 5.24. The fraction of sp³-hybridized carbons (Fsp3) is 0. The van der Waals surface area contributed by atoms with Gasteiger partial charge in [0.15, 0.2) is 0 Å². The van der Waals surface area contributed by atoms with E-state index in [2.05, 4.69) is 34.2 Å². The van der Waals surface area contributed by atoms with Crippen molar-refractivity contribution < 1.29 is 19.5 Å². The predicted molar refractivity (Wildman–Crippen MR) is 192 cm³/mol. The molecule has 2 N–H and O–H groups in total. The third-order valence-electron chi connectivity index (χ3n) is 8.44. The van der Waals surface area contributed by atoms with Gasteiger partial charge < -0.3 is 9.97 Å². The van der Waals surface area contributed by atoms with Gasteiger partial charge in [0.25, 0.3) is 0 Å². The van der Waals surface area contributed by atoms with Gasteiger partial charge >= 0.3 is 0 Å². The van der Waals surface area contributed by atoms with Gasteiger partial charge in [-0.1, -0.05) is 24.3 Å². The first-order valence-corrected chi connectivity index (χ1v) is 15.6. The molecule has 228 valence electrons. The maximum Gasteiger partial charge on any atom is 0.0753 e. The first kappa shape index (κ1) is 30.2. The van der Waals surface area contributed by atoms with E-state index in [9.17, 15) is 0 Å². The first-order valence-electron chi connectivity index (χ1n) is 15.6. The van der Waals surface area contributed by atoms with Crippen molar-refractivity contribution in [1.82, 2.24) is 39.9 Å². The molecule has 8 nitrogen and oxygen atoms in total. The molecule has 7 aromatic heterocycles. The van der Waals surface area contributed by atoms with Crippen molar-refractivity contribution in [2.75, 3.05) is 0 Å². The average molecular weight is 684 g/mol. The second kappa shape index (κ2) is 12.8. The predicted octanol–water partition coefficient (Wildman–Crippen LogP) is 8.90. The number of hydrogen-bond acceptors (Lipinski definition) is 6. The zero-order valence-corrected chi connectivity index (χ0v) is 29.2. The van der Waals surface area contributed by atoms with Crippen LogP contribution in [0.1, 0.15) is 22.8 Å². The van der Waals surface area contributed by atoms with Gasteiger partial charge in [-0.25, -0.2) is 9.97 Å². The van der Waals surface area contributed by atoms with Crippen LogP contribution in [0.15, 0.2) is 122 Å². The summed E-state index contributed by atoms with van der Waals surface area (Å²) in [6.45, 7) is 0. The van der Waals surface area contributed by atoms with Gasteiger partial charge in [-0.2, -0.15) is 0 Å². The zero-order chi connectivity index (χ0) is 31.9. The third kappa shape index (κ3) is 5.50. The Balaban J connectivity index is 0.00000348. The summed E-state index contributed by atoms with van der Waals surface area (Å²) in [5.41, 5.74) is 13.4. The molecule has 0 unspecified atom stereocenters. The molecule has 9 rings (SSSR count). The van der Waals surface area contributed by atoms with Gasteiger partial charge in [0.1, 0.15) is 0 Å². The van der Waals surface area contributed by atoms with Crippen LogP contribution < -0.4 is 0 Å². The summed E-state index contributed by atoms with van der Waals surface area (Å²) in [5, 5.41) is 0. The van der Waals surface area contributed by atoms with Crippen molar-refractivity contribution in [1.29, 1.82) is 0 Å². The van der Waals surface area contributed by atoms with E-state index in [0.29, 0.717) is 0 Å². The molecule has 0 aliphatic carbocycles. The van der Waals surface area contributed by atoms with E-state index in [0.717, 1.165) is 89.9 Å². The molecular weight excluding hydrogens is 658 g/mol. The second-order valence-corrected chi connectivity index (χ2v) is 11.4. The van der Waals surface area contributed by atoms with Gasteiger partial charge in [0, 0.05) is 66.5 Å². The monoisotopic (exact) mass is 682 g/mol. The van der Waals surface area contributed by atoms with E-state index in [1.54, 1.807) is 24.8 Å². The van der Waals surface area contributed by atoms with Crippen LogP contribution in [-0.2, 0) is 19.5 Å². The quantitative estimate of drug-likeness (QED) is 0.179. The van der Waals surface area contributed by atoms with Crippen molar-refractivity contribution >= 4 is 46.4 Å². The van der Waals surface area contributed by atoms with Crippen LogP contribution in [0.2, 0.25) is 0 Å². The smallest absolute Gasteiger partial charge is 0.0753 e. The SMILES string of the molecule is C1=Cc2nc1c(-c1ccccn1)c1ccc([nH]1)c(-c1ccccn1)c1nc(c(-c3ccccn3)c3ccc([nH]3)c2-c2ccccn2)C=C1.[Zn]. The Bertz CT molecular complexity index is 2190. The van der Waals surface area contributed by atoms with Gasteiger partial charge in [-0.05, 0) is 97.1 Å². The van der Waals surface area contributed by atoms with Crippen LogP contribution in [0.25, 0.3) is 91.4 Å². The summed E-state index contributed by atoms with van der Waals surface area (Å²) < 4.78 is 0. The summed E-state index contributed by atoms with van der Waals surface area (Å²) in [6.07, 6.45) is 15.4. The molecular formula is C40H26N8Zn. The number of fused-ring (bicyclic) bond motifs is 8. The summed E-state index contributed by atoms with van der Waals surface area (Å²) in [7, 11) is 0. The minimum Gasteiger partial charge on any atom is -0.354 e. The maximum atomic E-state index is 5.24. The number of aromatic amines is 2. The van der Waals surface area contributed by atoms with Crippen LogP contribution in [-0.4, -0.2) is 39.9 Å². The van der Waals surface area contributed by atoms with Gasteiger partial charge in [0.2, 0.25) is 0 Å². The van der Waals surface area contributed by atoms with Gasteiger partial charge in [-0.3, -0.25) is 19.9 Å². The summed E-state index contributed by atoms with van der Waals surface area (Å²) in [4.78, 5) is 36.9. The van der Waals surface area contributed by atoms with Crippen LogP contribution in [0.5, 0.6) is 0 Å². The molecule has 0 spiro atoms. The molecule has 0 saturated heterocycles. The molecule has 0 aromatic carbocycles. The molecule has 49 heavy (non-hydrogen) atoms. The minimum absolute atomic E-state index is 0. The topological polar surface area (TPSA) is 109 Å². The molecule has 2 aliphatic heterocycles. The van der Waals surface area contributed by atoms with Crippen LogP contribution in [0.4, 0.5) is 0 Å². The molecule has 0 amide bonds. The number of H-pyrrole nitrogens is 2. The Labute approximate surface area is 294 Å². The van der Waals surface area contributed by atoms with Crippen LogP contribution in [0, 0.1) is 0 Å². The van der Waals surface area contributed by atoms with Crippen molar-refractivity contribution in [3.05, 3.63) is 145 Å². The minimum atomic E-state index is 0. The molecule has 0 saturated carbocycles. The van der Waals surface area contributed by atoms with Crippen molar-refractivity contribution in [2.24, 2.45) is 0 Å². The standard InChI is InChI=1S/C40H26N8.Zn/c1-5-21-41-25(9-1)37-29-13-15-31(45-29)38(26-10-2-6-22-42-26)33-17-19-35(47-33)40(28-12-4-8-24-44-28)36-20-18-34(48-36)39(27-11-3-7-23-43-27)32-16-14-30(37)46-32;/h1-24,45,48H;. The number of rotatable bonds is 4. The van der Waals surface area contributed by atoms with E-state index >= 15 is 0 Å². The molecule has 0 radical (unpaired) electrons. The molecule has 9 heterocycles. The number of aromatic nitrogens is 8. The fourth-order valence-corrected chi connectivity index (χ4v) is 6.33. The van der Waals surface area contributed by atoms with E-state index < -0.39 is 0 Å². The number of nitrogens with zero attached hydrogens (tertiary/aromatic N) is 6. The summed E-state index contributed by atoms with van der Waals surface area (Å²) in [5.74, 6) is 0. The van der Waals surface area contributed by atoms with Crippen LogP contribution >= 0.6 is 0 Å². The van der Waals surface area contributed by atoms with E-state index in [1.165, 1.54) is 0 Å². The average Bonchev–Trinajstić information content (AvgIpc) is 3.98. The molecule has 2 aliphatic rings. The molecule has 9 heteroatoms. The Morgan fingerprint density at radius 3 is 0.816 bits per heavy atom. The number of pyridine rings is 4. The molecule has 7 aromatic rings. The second-order valence-electron chi connectivity index (χ2n) is 11.4. The van der Waals surface area contributed by atoms with Crippen LogP contribution in [0.3, 0.4) is 0 Å². The summed E-state index contributed by atoms with van der Waals surface area (Å²) in [6, 6.07) is 32.0. The van der Waals surface area contributed by atoms with Crippen molar-refractivity contribution in [2.45, 2.75) is 0 Å². The van der Waals surface area contributed by atoms with Gasteiger partial charge in [0.05, 0.1) is 67.6 Å². The first-order chi connectivity index (χ1) is 23.8. The fourth-order valence-electron chi connectivity index (χ4n) is 6.33. The Kier molecular flexibility index (Phi) is 7.88. The summed E-state index contributed by atoms with van der Waals surface area (Å²) >= 11 is 0. The number of nitrogens with one attached hydrogen (secondary N) is 2. The van der Waals surface area contributed by atoms with E-state index in [-0.39, 0.29) is 19.5 Å². The largest absolute Gasteiger partial charge is 0.354 e. The van der Waals surface area contributed by atoms with E-state index in [1.807, 2.05) is 97.1 Å². The Morgan fingerprint density at radius 2 is 0.592 bits per heavy atom. The normalized spacial score (nSPS) is 11.8. The zero-order valence-electron chi connectivity index (χ0n) is 26.2. The molecule has 0 atom stereocenters. The number of hydrogen-bond donors (Lipinski definition) is 2. The molecule has 8 bridgehead atoms. The molecule has 0 fully saturated rings. The van der Waals surface area contributed by atoms with Crippen molar-refractivity contribution in [3.8, 4) is 45.0 Å². The van der Waals surface area contributed by atoms with Gasteiger partial charge in [-0.15, -0.1) is 0 Å². The van der Waals surface area contributed by atoms with E-state index in [4.69, 9.17) is 29.9 Å². The Hall–Kier alpha value is -6.18.